The Morgan fingerprint density at radius 1 is 1.00 bits per heavy atom. The molecule has 0 aliphatic heterocycles. The molecule has 0 aromatic rings. The summed E-state index contributed by atoms with van der Waals surface area (Å²) in [5.74, 6) is 0. The second-order valence-electron chi connectivity index (χ2n) is 0.408. The predicted molar refractivity (Wildman–Crippen MR) is 10.5 cm³/mol. The summed E-state index contributed by atoms with van der Waals surface area (Å²) in [5, 5.41) is 0. The third kappa shape index (κ3) is 52.2. The van der Waals surface area contributed by atoms with Gasteiger partial charge in [-0.25, -0.2) is 0 Å². The molecule has 4 nitrogen and oxygen atoms in total. The molecule has 0 rings (SSSR count). The van der Waals surface area contributed by atoms with E-state index in [1.807, 2.05) is 0 Å². The summed E-state index contributed by atoms with van der Waals surface area (Å²) in [6.45, 7) is 0. The molecule has 0 aliphatic rings. The Kier molecular flexibility index (Phi) is 30.6. The van der Waals surface area contributed by atoms with E-state index in [2.05, 4.69) is 0 Å². The Hall–Kier alpha value is 3.83. The molecule has 8 heteroatoms. The third-order valence-electron chi connectivity index (χ3n) is 0. The maximum atomic E-state index is 8.52. The number of hydrogen-bond donors (Lipinski definition) is 0. The zero-order valence-corrected chi connectivity index (χ0v) is 13.5. The van der Waals surface area contributed by atoms with Crippen LogP contribution in [0.15, 0.2) is 0 Å². The van der Waals surface area contributed by atoms with Crippen LogP contribution in [0.5, 0.6) is 0 Å². The van der Waals surface area contributed by atoms with Crippen molar-refractivity contribution in [2.75, 3.05) is 0 Å². The molecule has 0 fully saturated rings. The molecule has 0 radical (unpaired) electrons. The molecule has 0 saturated carbocycles. The summed E-state index contributed by atoms with van der Waals surface area (Å²) >= 11 is 0. The molecule has 0 aromatic carbocycles. The second kappa shape index (κ2) is 10.8. The van der Waals surface area contributed by atoms with Gasteiger partial charge in [0.15, 0.2) is 0 Å². The van der Waals surface area contributed by atoms with Crippen molar-refractivity contribution in [2.45, 2.75) is 0 Å². The zero-order chi connectivity index (χ0) is 4.50. The summed E-state index contributed by atoms with van der Waals surface area (Å²) < 4.78 is 34.1. The molecule has 0 amide bonds. The summed E-state index contributed by atoms with van der Waals surface area (Å²) in [5.41, 5.74) is 0. The zero-order valence-electron chi connectivity index (χ0n) is 4.45. The predicted octanol–water partition coefficient (Wildman–Crippen LogP) is -7.33. The largest absolute Gasteiger partial charge is 1.00 e. The fourth-order valence-corrected chi connectivity index (χ4v) is 0. The first-order chi connectivity index (χ1) is 2.00. The summed E-state index contributed by atoms with van der Waals surface area (Å²) in [6, 6.07) is 0. The fourth-order valence-electron chi connectivity index (χ4n) is 0. The topological polar surface area (TPSA) is 80.3 Å². The maximum absolute atomic E-state index is 8.52. The van der Waals surface area contributed by atoms with Gasteiger partial charge >= 0.3 is 103 Å². The molecular weight excluding hydrogens is 270 g/mol. The van der Waals surface area contributed by atoms with E-state index in [-0.39, 0.29) is 124 Å². The van der Waals surface area contributed by atoms with Crippen molar-refractivity contribution < 1.29 is 141 Å². The van der Waals surface area contributed by atoms with Crippen molar-refractivity contribution in [1.82, 2.24) is 0 Å². The standard InChI is InChI=1S/2K.Mo.H2O4S/c;;;1-5(2,3)4/h;;;(H2,1,2,3,4)/q2*+1;;/p-2. The molecule has 0 heterocycles. The van der Waals surface area contributed by atoms with Crippen molar-refractivity contribution >= 4 is 10.4 Å². The van der Waals surface area contributed by atoms with Crippen LogP contribution in [0, 0.1) is 0 Å². The minimum atomic E-state index is -5.17. The Morgan fingerprint density at radius 3 is 1.00 bits per heavy atom. The molecular formula is K2MoO4S. The fraction of sp³-hybridized carbons (Fsp3) is 0. The van der Waals surface area contributed by atoms with E-state index in [1.165, 1.54) is 0 Å². The van der Waals surface area contributed by atoms with Gasteiger partial charge in [0.05, 0.1) is 0 Å². The minimum Gasteiger partial charge on any atom is -0.759 e. The Bertz CT molecular complexity index is 97.2. The summed E-state index contributed by atoms with van der Waals surface area (Å²) in [6.07, 6.45) is 0. The van der Waals surface area contributed by atoms with E-state index in [0.717, 1.165) is 0 Å². The van der Waals surface area contributed by atoms with Crippen LogP contribution in [-0.2, 0) is 31.5 Å². The maximum Gasteiger partial charge on any atom is 1.00 e. The smallest absolute Gasteiger partial charge is 0.759 e. The first-order valence-electron chi connectivity index (χ1n) is 0.667. The molecule has 0 spiro atoms. The molecule has 0 saturated heterocycles. The molecule has 0 bridgehead atoms. The van der Waals surface area contributed by atoms with Crippen LogP contribution < -0.4 is 103 Å². The molecule has 0 aliphatic carbocycles. The SMILES string of the molecule is O=S(=O)([O-])[O-].[K+].[K+].[Mo]. The van der Waals surface area contributed by atoms with Crippen molar-refractivity contribution in [3.8, 4) is 0 Å². The van der Waals surface area contributed by atoms with Crippen molar-refractivity contribution in [3.63, 3.8) is 0 Å². The average Bonchev–Trinajstić information content (AvgIpc) is 0.722. The van der Waals surface area contributed by atoms with Crippen molar-refractivity contribution in [1.29, 1.82) is 0 Å². The Morgan fingerprint density at radius 2 is 1.00 bits per heavy atom. The van der Waals surface area contributed by atoms with Gasteiger partial charge in [0, 0.05) is 31.5 Å². The van der Waals surface area contributed by atoms with Gasteiger partial charge in [-0.3, -0.25) is 8.42 Å². The molecule has 0 aromatic heterocycles. The molecule has 0 unspecified atom stereocenters. The van der Waals surface area contributed by atoms with Crippen LogP contribution in [0.1, 0.15) is 0 Å². The van der Waals surface area contributed by atoms with Crippen molar-refractivity contribution in [3.05, 3.63) is 0 Å². The monoisotopic (exact) mass is 272 g/mol. The van der Waals surface area contributed by atoms with E-state index in [9.17, 15) is 0 Å². The molecule has 0 N–H and O–H groups in total. The molecule has 0 atom stereocenters. The normalized spacial score (nSPS) is 7.25. The van der Waals surface area contributed by atoms with Crippen LogP contribution in [0.25, 0.3) is 0 Å². The summed E-state index contributed by atoms with van der Waals surface area (Å²) in [7, 11) is -5.17. The molecule has 8 heavy (non-hydrogen) atoms. The van der Waals surface area contributed by atoms with E-state index >= 15 is 0 Å². The van der Waals surface area contributed by atoms with E-state index in [0.29, 0.717) is 0 Å². The van der Waals surface area contributed by atoms with Gasteiger partial charge in [0.25, 0.3) is 0 Å². The quantitative estimate of drug-likeness (QED) is 0.249. The number of rotatable bonds is 0. The van der Waals surface area contributed by atoms with E-state index < -0.39 is 10.4 Å². The van der Waals surface area contributed by atoms with E-state index in [4.69, 9.17) is 17.5 Å². The van der Waals surface area contributed by atoms with Gasteiger partial charge in [0.1, 0.15) is 0 Å². The number of hydrogen-bond acceptors (Lipinski definition) is 4. The molecule has 38 valence electrons. The van der Waals surface area contributed by atoms with Gasteiger partial charge in [0.2, 0.25) is 0 Å². The first kappa shape index (κ1) is 22.6. The van der Waals surface area contributed by atoms with Gasteiger partial charge in [-0.2, -0.15) is 0 Å². The van der Waals surface area contributed by atoms with Crippen LogP contribution in [-0.4, -0.2) is 17.5 Å². The second-order valence-corrected chi connectivity index (χ2v) is 1.22. The van der Waals surface area contributed by atoms with Crippen LogP contribution in [0.4, 0.5) is 0 Å². The van der Waals surface area contributed by atoms with Crippen LogP contribution >= 0.6 is 0 Å². The average molecular weight is 270 g/mol. The van der Waals surface area contributed by atoms with Gasteiger partial charge in [-0.15, -0.1) is 0 Å². The Labute approximate surface area is 147 Å². The van der Waals surface area contributed by atoms with Crippen LogP contribution in [0.2, 0.25) is 0 Å². The minimum absolute atomic E-state index is 0. The van der Waals surface area contributed by atoms with Gasteiger partial charge < -0.3 is 9.11 Å². The van der Waals surface area contributed by atoms with Gasteiger partial charge in [-0.05, 0) is 0 Å². The summed E-state index contributed by atoms with van der Waals surface area (Å²) in [4.78, 5) is 0. The van der Waals surface area contributed by atoms with Crippen LogP contribution in [0.3, 0.4) is 0 Å². The Balaban J connectivity index is -0.0000000267. The van der Waals surface area contributed by atoms with Crippen molar-refractivity contribution in [2.24, 2.45) is 0 Å². The van der Waals surface area contributed by atoms with E-state index in [1.54, 1.807) is 0 Å². The van der Waals surface area contributed by atoms with Gasteiger partial charge in [-0.1, -0.05) is 0 Å². The first-order valence-corrected chi connectivity index (χ1v) is 2.00. The third-order valence-corrected chi connectivity index (χ3v) is 0.